The highest BCUT2D eigenvalue weighted by molar-refractivity contribution is 5.89. The first-order valence-electron chi connectivity index (χ1n) is 11.3. The first kappa shape index (κ1) is 23.3. The summed E-state index contributed by atoms with van der Waals surface area (Å²) in [5, 5.41) is 4.84. The van der Waals surface area contributed by atoms with Gasteiger partial charge in [-0.3, -0.25) is 4.90 Å². The zero-order valence-corrected chi connectivity index (χ0v) is 19.2. The Hall–Kier alpha value is -2.85. The highest BCUT2D eigenvalue weighted by Crippen LogP contribution is 2.35. The first-order chi connectivity index (χ1) is 15.9. The van der Waals surface area contributed by atoms with Crippen molar-refractivity contribution in [2.45, 2.75) is 45.9 Å². The van der Waals surface area contributed by atoms with Crippen molar-refractivity contribution in [1.29, 1.82) is 0 Å². The number of morpholine rings is 1. The van der Waals surface area contributed by atoms with Crippen LogP contribution in [0.15, 0.2) is 18.2 Å². The van der Waals surface area contributed by atoms with Crippen LogP contribution in [0.3, 0.4) is 0 Å². The van der Waals surface area contributed by atoms with Gasteiger partial charge in [0, 0.05) is 43.5 Å². The van der Waals surface area contributed by atoms with Crippen LogP contribution in [0.2, 0.25) is 0 Å². The largest absolute Gasteiger partial charge is 0.377 e. The van der Waals surface area contributed by atoms with Gasteiger partial charge in [0.05, 0.1) is 30.5 Å². The Morgan fingerprint density at radius 2 is 2.12 bits per heavy atom. The Morgan fingerprint density at radius 1 is 1.30 bits per heavy atom. The number of alkyl halides is 1. The van der Waals surface area contributed by atoms with E-state index < -0.39 is 18.5 Å². The van der Waals surface area contributed by atoms with E-state index in [0.717, 1.165) is 23.6 Å². The van der Waals surface area contributed by atoms with Crippen LogP contribution in [0, 0.1) is 5.82 Å². The minimum atomic E-state index is -0.672. The van der Waals surface area contributed by atoms with E-state index in [9.17, 15) is 9.18 Å². The van der Waals surface area contributed by atoms with Gasteiger partial charge in [-0.1, -0.05) is 0 Å². The Balaban J connectivity index is 1.68. The molecule has 2 N–H and O–H groups in total. The molecule has 33 heavy (non-hydrogen) atoms. The van der Waals surface area contributed by atoms with Gasteiger partial charge in [-0.05, 0) is 39.0 Å². The topological polar surface area (TPSA) is 82.6 Å². The molecule has 2 aliphatic rings. The molecule has 0 radical (unpaired) electrons. The summed E-state index contributed by atoms with van der Waals surface area (Å²) in [6.45, 7) is 8.99. The molecule has 1 saturated heterocycles. The van der Waals surface area contributed by atoms with Crippen molar-refractivity contribution >= 4 is 17.5 Å². The van der Waals surface area contributed by atoms with Crippen LogP contribution < -0.4 is 15.5 Å². The van der Waals surface area contributed by atoms with Crippen molar-refractivity contribution in [3.63, 3.8) is 0 Å². The summed E-state index contributed by atoms with van der Waals surface area (Å²) in [5.74, 6) is 0.609. The molecule has 2 amide bonds. The van der Waals surface area contributed by atoms with Gasteiger partial charge in [0.25, 0.3) is 0 Å². The van der Waals surface area contributed by atoms with Crippen LogP contribution in [0.5, 0.6) is 0 Å². The summed E-state index contributed by atoms with van der Waals surface area (Å²) in [5.41, 5.74) is 2.53. The van der Waals surface area contributed by atoms with Crippen molar-refractivity contribution in [2.24, 2.45) is 0 Å². The molecule has 3 heterocycles. The van der Waals surface area contributed by atoms with Crippen molar-refractivity contribution < 1.29 is 18.3 Å². The average Bonchev–Trinajstić information content (AvgIpc) is 3.22. The zero-order valence-electron chi connectivity index (χ0n) is 19.2. The number of nitrogens with zero attached hydrogens (tertiary/aromatic N) is 4. The minimum absolute atomic E-state index is 0.106. The van der Waals surface area contributed by atoms with Crippen molar-refractivity contribution in [3.8, 4) is 11.4 Å². The Labute approximate surface area is 192 Å². The second kappa shape index (κ2) is 9.96. The maximum absolute atomic E-state index is 15.1. The average molecular weight is 461 g/mol. The second-order valence-corrected chi connectivity index (χ2v) is 8.68. The zero-order chi connectivity index (χ0) is 23.5. The van der Waals surface area contributed by atoms with E-state index in [4.69, 9.17) is 14.7 Å². The fourth-order valence-corrected chi connectivity index (χ4v) is 4.14. The number of halogens is 2. The molecule has 1 unspecified atom stereocenters. The number of aromatic nitrogens is 2. The van der Waals surface area contributed by atoms with Crippen molar-refractivity contribution in [1.82, 2.24) is 20.2 Å². The fourth-order valence-electron chi connectivity index (χ4n) is 4.14. The van der Waals surface area contributed by atoms with Gasteiger partial charge in [-0.25, -0.2) is 23.5 Å². The fraction of sp³-hybridized carbons (Fsp3) is 0.522. The lowest BCUT2D eigenvalue weighted by atomic mass is 10.1. The summed E-state index contributed by atoms with van der Waals surface area (Å²) in [6.07, 6.45) is 0. The molecule has 178 valence electrons. The number of amides is 2. The molecule has 1 aromatic carbocycles. The minimum Gasteiger partial charge on any atom is -0.377 e. The number of carbonyl (C=O) groups is 1. The van der Waals surface area contributed by atoms with Crippen molar-refractivity contribution in [2.75, 3.05) is 43.2 Å². The van der Waals surface area contributed by atoms with Gasteiger partial charge in [0.15, 0.2) is 5.82 Å². The third kappa shape index (κ3) is 5.06. The number of anilines is 2. The summed E-state index contributed by atoms with van der Waals surface area (Å²) in [4.78, 5) is 25.8. The van der Waals surface area contributed by atoms with E-state index in [0.29, 0.717) is 38.2 Å². The number of hydrogen-bond donors (Lipinski definition) is 2. The molecule has 1 fully saturated rings. The van der Waals surface area contributed by atoms with E-state index in [1.54, 1.807) is 12.1 Å². The number of ether oxygens (including phenoxy) is 1. The Bertz CT molecular complexity index is 1020. The SMILES string of the molecule is CC(C)N1Cc2nc(-c3ccc(NC(=O)NCCF)cc3F)nc(N3CCOCC3C)c2C1. The van der Waals surface area contributed by atoms with E-state index in [2.05, 4.69) is 41.2 Å². The van der Waals surface area contributed by atoms with Crippen LogP contribution in [0.1, 0.15) is 32.0 Å². The van der Waals surface area contributed by atoms with Crippen LogP contribution >= 0.6 is 0 Å². The van der Waals surface area contributed by atoms with Crippen LogP contribution in [0.4, 0.5) is 25.1 Å². The molecule has 0 spiro atoms. The number of benzene rings is 1. The van der Waals surface area contributed by atoms with Gasteiger partial charge in [-0.15, -0.1) is 0 Å². The summed E-state index contributed by atoms with van der Waals surface area (Å²) in [7, 11) is 0. The van der Waals surface area contributed by atoms with E-state index in [1.165, 1.54) is 6.07 Å². The van der Waals surface area contributed by atoms with Gasteiger partial charge in [-0.2, -0.15) is 0 Å². The molecule has 10 heteroatoms. The molecule has 1 aromatic heterocycles. The molecular weight excluding hydrogens is 430 g/mol. The van der Waals surface area contributed by atoms with Gasteiger partial charge in [0.2, 0.25) is 0 Å². The number of carbonyl (C=O) groups excluding carboxylic acids is 1. The normalized spacial score (nSPS) is 18.5. The highest BCUT2D eigenvalue weighted by atomic mass is 19.1. The molecule has 1 atom stereocenters. The molecule has 2 aliphatic heterocycles. The summed E-state index contributed by atoms with van der Waals surface area (Å²) < 4.78 is 32.9. The monoisotopic (exact) mass is 460 g/mol. The quantitative estimate of drug-likeness (QED) is 0.688. The molecular formula is C23H30F2N6O2. The maximum atomic E-state index is 15.1. The standard InChI is InChI=1S/C23H30F2N6O2/c1-14(2)30-11-18-20(12-30)28-21(29-22(18)31-8-9-33-13-15(31)3)17-5-4-16(10-19(17)25)27-23(32)26-7-6-24/h4-5,10,14-15H,6-9,11-13H2,1-3H3,(H2,26,27,32). The van der Waals surface area contributed by atoms with Gasteiger partial charge in [0.1, 0.15) is 18.3 Å². The van der Waals surface area contributed by atoms with Gasteiger partial charge < -0.3 is 20.3 Å². The van der Waals surface area contributed by atoms with E-state index >= 15 is 4.39 Å². The maximum Gasteiger partial charge on any atom is 0.319 e. The van der Waals surface area contributed by atoms with Crippen LogP contribution in [-0.2, 0) is 17.8 Å². The number of rotatable bonds is 6. The third-order valence-corrected chi connectivity index (χ3v) is 6.00. The van der Waals surface area contributed by atoms with Crippen molar-refractivity contribution in [3.05, 3.63) is 35.3 Å². The highest BCUT2D eigenvalue weighted by Gasteiger charge is 2.32. The molecule has 2 aromatic rings. The lowest BCUT2D eigenvalue weighted by Gasteiger charge is -2.35. The lowest BCUT2D eigenvalue weighted by Crippen LogP contribution is -2.44. The molecule has 0 bridgehead atoms. The molecule has 8 nitrogen and oxygen atoms in total. The molecule has 0 saturated carbocycles. The van der Waals surface area contributed by atoms with Crippen LogP contribution in [-0.4, -0.2) is 66.0 Å². The number of fused-ring (bicyclic) bond motifs is 1. The predicted octanol–water partition coefficient (Wildman–Crippen LogP) is 3.32. The lowest BCUT2D eigenvalue weighted by molar-refractivity contribution is 0.0984. The third-order valence-electron chi connectivity index (χ3n) is 6.00. The first-order valence-corrected chi connectivity index (χ1v) is 11.3. The Kier molecular flexibility index (Phi) is 7.04. The smallest absolute Gasteiger partial charge is 0.319 e. The number of hydrogen-bond acceptors (Lipinski definition) is 6. The van der Waals surface area contributed by atoms with Gasteiger partial charge >= 0.3 is 6.03 Å². The predicted molar refractivity (Wildman–Crippen MR) is 122 cm³/mol. The molecule has 4 rings (SSSR count). The van der Waals surface area contributed by atoms with E-state index in [1.807, 2.05) is 0 Å². The Morgan fingerprint density at radius 3 is 2.82 bits per heavy atom. The summed E-state index contributed by atoms with van der Waals surface area (Å²) >= 11 is 0. The molecule has 0 aliphatic carbocycles. The number of nitrogens with one attached hydrogen (secondary N) is 2. The number of urea groups is 1. The van der Waals surface area contributed by atoms with E-state index in [-0.39, 0.29) is 23.8 Å². The summed E-state index contributed by atoms with van der Waals surface area (Å²) in [6, 6.07) is 4.27. The second-order valence-electron chi connectivity index (χ2n) is 8.68. The van der Waals surface area contributed by atoms with Crippen LogP contribution in [0.25, 0.3) is 11.4 Å².